The first kappa shape index (κ1) is 18.4. The van der Waals surface area contributed by atoms with Gasteiger partial charge in [0.15, 0.2) is 0 Å². The van der Waals surface area contributed by atoms with E-state index in [2.05, 4.69) is 22.6 Å². The molecule has 0 fully saturated rings. The number of carbonyl (C=O) groups excluding carboxylic acids is 2. The Kier molecular flexibility index (Phi) is 6.06. The van der Waals surface area contributed by atoms with Crippen molar-refractivity contribution >= 4 is 11.9 Å². The highest BCUT2D eigenvalue weighted by molar-refractivity contribution is 5.88. The first-order valence-electron chi connectivity index (χ1n) is 6.55. The Labute approximate surface area is 133 Å². The molecule has 0 aliphatic carbocycles. The number of benzene rings is 1. The molecule has 0 radical (unpaired) electrons. The van der Waals surface area contributed by atoms with Crippen LogP contribution in [0.25, 0.3) is 0 Å². The molecular formula is C16H18O7. The second-order valence-corrected chi connectivity index (χ2v) is 4.75. The van der Waals surface area contributed by atoms with Gasteiger partial charge in [0.05, 0.1) is 0 Å². The Hall–Kier alpha value is -2.64. The van der Waals surface area contributed by atoms with E-state index in [0.717, 1.165) is 0 Å². The molecule has 23 heavy (non-hydrogen) atoms. The molecule has 0 saturated heterocycles. The molecule has 7 heteroatoms. The van der Waals surface area contributed by atoms with Gasteiger partial charge >= 0.3 is 24.2 Å². The molecule has 2 N–H and O–H groups in total. The minimum absolute atomic E-state index is 0.0302. The van der Waals surface area contributed by atoms with Crippen molar-refractivity contribution in [3.63, 3.8) is 0 Å². The van der Waals surface area contributed by atoms with Crippen molar-refractivity contribution in [1.82, 2.24) is 0 Å². The highest BCUT2D eigenvalue weighted by Gasteiger charge is 2.46. The van der Waals surface area contributed by atoms with Gasteiger partial charge in [-0.3, -0.25) is 0 Å². The Morgan fingerprint density at radius 2 is 1.61 bits per heavy atom. The lowest BCUT2D eigenvalue weighted by atomic mass is 10.3. The largest absolute Gasteiger partial charge is 0.438 e. The Balaban J connectivity index is 3.03. The van der Waals surface area contributed by atoms with Crippen molar-refractivity contribution in [3.05, 3.63) is 54.6 Å². The highest BCUT2D eigenvalue weighted by Crippen LogP contribution is 2.23. The maximum absolute atomic E-state index is 11.6. The van der Waals surface area contributed by atoms with Gasteiger partial charge in [-0.2, -0.15) is 0 Å². The van der Waals surface area contributed by atoms with Crippen LogP contribution in [0, 0.1) is 0 Å². The molecule has 0 saturated carbocycles. The van der Waals surface area contributed by atoms with Gasteiger partial charge in [0.25, 0.3) is 0 Å². The van der Waals surface area contributed by atoms with Crippen LogP contribution in [-0.4, -0.2) is 34.4 Å². The zero-order valence-electron chi connectivity index (χ0n) is 12.8. The van der Waals surface area contributed by atoms with Gasteiger partial charge in [0, 0.05) is 11.1 Å². The Morgan fingerprint density at radius 3 is 2.09 bits per heavy atom. The van der Waals surface area contributed by atoms with Crippen LogP contribution in [0.1, 0.15) is 13.8 Å². The van der Waals surface area contributed by atoms with Crippen molar-refractivity contribution in [1.29, 1.82) is 0 Å². The molecule has 2 unspecified atom stereocenters. The molecule has 124 valence electrons. The van der Waals surface area contributed by atoms with Gasteiger partial charge in [0.2, 0.25) is 0 Å². The van der Waals surface area contributed by atoms with E-state index in [1.54, 1.807) is 18.2 Å². The smallest absolute Gasteiger partial charge is 0.425 e. The number of para-hydroxylation sites is 1. The van der Waals surface area contributed by atoms with E-state index in [0.29, 0.717) is 0 Å². The first-order valence-corrected chi connectivity index (χ1v) is 6.55. The summed E-state index contributed by atoms with van der Waals surface area (Å²) in [6, 6.07) is 7.73. The van der Waals surface area contributed by atoms with Crippen LogP contribution < -0.4 is 4.74 Å². The van der Waals surface area contributed by atoms with Crippen molar-refractivity contribution in [2.45, 2.75) is 26.1 Å². The minimum Gasteiger partial charge on any atom is -0.425 e. The first-order chi connectivity index (χ1) is 10.7. The molecule has 1 rings (SSSR count). The summed E-state index contributed by atoms with van der Waals surface area (Å²) in [7, 11) is 0. The predicted molar refractivity (Wildman–Crippen MR) is 79.8 cm³/mol. The second-order valence-electron chi connectivity index (χ2n) is 4.75. The summed E-state index contributed by atoms with van der Waals surface area (Å²) >= 11 is 0. The maximum Gasteiger partial charge on any atom is 0.438 e. The van der Waals surface area contributed by atoms with Crippen molar-refractivity contribution < 1.29 is 34.0 Å². The van der Waals surface area contributed by atoms with E-state index >= 15 is 0 Å². The molecule has 0 aliphatic heterocycles. The van der Waals surface area contributed by atoms with Gasteiger partial charge in [-0.25, -0.2) is 9.59 Å². The normalized spacial score (nSPS) is 14.1. The van der Waals surface area contributed by atoms with Crippen LogP contribution in [0.3, 0.4) is 0 Å². The number of carbonyl (C=O) groups is 2. The second kappa shape index (κ2) is 7.57. The summed E-state index contributed by atoms with van der Waals surface area (Å²) in [6.07, 6.45) is -2.31. The molecule has 0 aliphatic rings. The van der Waals surface area contributed by atoms with Crippen molar-refractivity contribution in [3.8, 4) is 5.75 Å². The molecule has 1 aromatic carbocycles. The summed E-state index contributed by atoms with van der Waals surface area (Å²) in [4.78, 5) is 23.1. The predicted octanol–water partition coefficient (Wildman–Crippen LogP) is 1.27. The van der Waals surface area contributed by atoms with Gasteiger partial charge in [-0.05, 0) is 26.0 Å². The molecule has 0 aromatic heterocycles. The third-order valence-corrected chi connectivity index (χ3v) is 2.47. The SMILES string of the molecule is C=C(C)C(=O)OC(O)C(O)(OC(=O)C(=C)C)Oc1ccccc1. The Bertz CT molecular complexity index is 608. The number of aliphatic hydroxyl groups is 2. The maximum atomic E-state index is 11.6. The zero-order valence-corrected chi connectivity index (χ0v) is 12.8. The van der Waals surface area contributed by atoms with Crippen molar-refractivity contribution in [2.24, 2.45) is 0 Å². The number of aliphatic hydroxyl groups excluding tert-OH is 1. The summed E-state index contributed by atoms with van der Waals surface area (Å²) in [5.74, 6) is -4.94. The van der Waals surface area contributed by atoms with E-state index in [-0.39, 0.29) is 16.9 Å². The van der Waals surface area contributed by atoms with E-state index in [1.165, 1.54) is 26.0 Å². The fourth-order valence-electron chi connectivity index (χ4n) is 1.28. The molecule has 1 aromatic rings. The van der Waals surface area contributed by atoms with Crippen LogP contribution in [0.15, 0.2) is 54.6 Å². The van der Waals surface area contributed by atoms with E-state index in [9.17, 15) is 19.8 Å². The van der Waals surface area contributed by atoms with Crippen molar-refractivity contribution in [2.75, 3.05) is 0 Å². The lowest BCUT2D eigenvalue weighted by Gasteiger charge is -2.31. The lowest BCUT2D eigenvalue weighted by molar-refractivity contribution is -0.381. The summed E-state index contributed by atoms with van der Waals surface area (Å²) < 4.78 is 14.3. The third kappa shape index (κ3) is 5.24. The third-order valence-electron chi connectivity index (χ3n) is 2.47. The van der Waals surface area contributed by atoms with Gasteiger partial charge in [0.1, 0.15) is 5.75 Å². The monoisotopic (exact) mass is 322 g/mol. The number of hydrogen-bond donors (Lipinski definition) is 2. The quantitative estimate of drug-likeness (QED) is 0.443. The molecule has 0 amide bonds. The number of esters is 2. The van der Waals surface area contributed by atoms with Crippen LogP contribution in [0.5, 0.6) is 5.75 Å². The highest BCUT2D eigenvalue weighted by atomic mass is 16.9. The van der Waals surface area contributed by atoms with E-state index < -0.39 is 24.2 Å². The molecule has 7 nitrogen and oxygen atoms in total. The average molecular weight is 322 g/mol. The lowest BCUT2D eigenvalue weighted by Crippen LogP contribution is -2.53. The summed E-state index contributed by atoms with van der Waals surface area (Å²) in [5, 5.41) is 20.2. The molecule has 2 atom stereocenters. The molecular weight excluding hydrogens is 304 g/mol. The minimum atomic E-state index is -2.96. The van der Waals surface area contributed by atoms with E-state index in [1.807, 2.05) is 0 Å². The summed E-state index contributed by atoms with van der Waals surface area (Å²) in [5.41, 5.74) is -0.0872. The zero-order chi connectivity index (χ0) is 17.6. The average Bonchev–Trinajstić information content (AvgIpc) is 2.47. The molecule has 0 spiro atoms. The summed E-state index contributed by atoms with van der Waals surface area (Å²) in [6.45, 7) is 9.35. The van der Waals surface area contributed by atoms with Crippen LogP contribution in [0.2, 0.25) is 0 Å². The van der Waals surface area contributed by atoms with Crippen LogP contribution >= 0.6 is 0 Å². The van der Waals surface area contributed by atoms with Crippen LogP contribution in [0.4, 0.5) is 0 Å². The number of hydrogen-bond acceptors (Lipinski definition) is 7. The van der Waals surface area contributed by atoms with Crippen LogP contribution in [-0.2, 0) is 19.1 Å². The fraction of sp³-hybridized carbons (Fsp3) is 0.250. The number of rotatable bonds is 7. The number of ether oxygens (including phenoxy) is 3. The molecule has 0 heterocycles. The Morgan fingerprint density at radius 1 is 1.09 bits per heavy atom. The molecule has 0 bridgehead atoms. The van der Waals surface area contributed by atoms with Gasteiger partial charge < -0.3 is 24.4 Å². The van der Waals surface area contributed by atoms with E-state index in [4.69, 9.17) is 4.74 Å². The standard InChI is InChI=1S/C16H18O7/c1-10(2)13(17)21-15(19)16(20,23-14(18)11(3)4)22-12-8-6-5-7-9-12/h5-9,15,19-20H,1,3H2,2,4H3. The van der Waals surface area contributed by atoms with Gasteiger partial charge in [-0.1, -0.05) is 31.4 Å². The fourth-order valence-corrected chi connectivity index (χ4v) is 1.28. The van der Waals surface area contributed by atoms with Gasteiger partial charge in [-0.15, -0.1) is 0 Å². The topological polar surface area (TPSA) is 102 Å².